The van der Waals surface area contributed by atoms with Crippen LogP contribution < -0.4 is 20.7 Å². The van der Waals surface area contributed by atoms with E-state index in [1.807, 2.05) is 37.3 Å². The minimum atomic E-state index is -0.277. The number of hydrogen-bond acceptors (Lipinski definition) is 6. The number of nitrogens with one attached hydrogen (secondary N) is 3. The topological polar surface area (TPSA) is 106 Å². The van der Waals surface area contributed by atoms with E-state index in [-0.39, 0.29) is 6.03 Å². The lowest BCUT2D eigenvalue weighted by Gasteiger charge is -2.09. The third kappa shape index (κ3) is 5.43. The first-order chi connectivity index (χ1) is 13.2. The largest absolute Gasteiger partial charge is 0.494 e. The van der Waals surface area contributed by atoms with Gasteiger partial charge in [-0.3, -0.25) is 0 Å². The van der Waals surface area contributed by atoms with E-state index in [9.17, 15) is 4.79 Å². The maximum atomic E-state index is 11.9. The van der Waals surface area contributed by atoms with Gasteiger partial charge in [0.15, 0.2) is 5.82 Å². The molecule has 1 aromatic carbocycles. The Kier molecular flexibility index (Phi) is 6.18. The number of hydrogen-bond donors (Lipinski definition) is 3. The van der Waals surface area contributed by atoms with Crippen LogP contribution in [0.5, 0.6) is 5.75 Å². The van der Waals surface area contributed by atoms with E-state index >= 15 is 0 Å². The molecule has 3 rings (SSSR count). The quantitative estimate of drug-likeness (QED) is 0.528. The highest BCUT2D eigenvalue weighted by Gasteiger charge is 2.03. The van der Waals surface area contributed by atoms with Crippen LogP contribution >= 0.6 is 0 Å². The summed E-state index contributed by atoms with van der Waals surface area (Å²) in [6, 6.07) is 12.4. The Balaban J connectivity index is 1.37. The summed E-state index contributed by atoms with van der Waals surface area (Å²) in [7, 11) is 0. The van der Waals surface area contributed by atoms with Crippen LogP contribution in [0.4, 0.5) is 16.3 Å². The second-order valence-corrected chi connectivity index (χ2v) is 5.49. The molecule has 3 aromatic rings. The van der Waals surface area contributed by atoms with E-state index in [4.69, 9.17) is 4.74 Å². The third-order valence-corrected chi connectivity index (χ3v) is 3.53. The van der Waals surface area contributed by atoms with Crippen molar-refractivity contribution in [3.63, 3.8) is 0 Å². The number of carbonyl (C=O) groups is 1. The summed E-state index contributed by atoms with van der Waals surface area (Å²) in [6.07, 6.45) is 3.47. The fraction of sp³-hybridized carbons (Fsp3) is 0.222. The Bertz CT molecular complexity index is 833. The normalized spacial score (nSPS) is 10.3. The molecule has 9 nitrogen and oxygen atoms in total. The second-order valence-electron chi connectivity index (χ2n) is 5.49. The summed E-state index contributed by atoms with van der Waals surface area (Å²) in [4.78, 5) is 11.9. The zero-order valence-electron chi connectivity index (χ0n) is 14.9. The summed E-state index contributed by atoms with van der Waals surface area (Å²) in [5.41, 5.74) is 0.698. The van der Waals surface area contributed by atoms with Crippen molar-refractivity contribution in [1.29, 1.82) is 0 Å². The van der Waals surface area contributed by atoms with Crippen molar-refractivity contribution >= 4 is 17.5 Å². The number of aromatic nitrogens is 4. The van der Waals surface area contributed by atoms with Crippen molar-refractivity contribution in [2.24, 2.45) is 0 Å². The number of urea groups is 1. The van der Waals surface area contributed by atoms with Crippen LogP contribution in [0.1, 0.15) is 6.92 Å². The van der Waals surface area contributed by atoms with Crippen molar-refractivity contribution in [3.8, 4) is 11.6 Å². The molecule has 0 spiro atoms. The number of nitrogens with zero attached hydrogens (tertiary/aromatic N) is 4. The Morgan fingerprint density at radius 1 is 1.11 bits per heavy atom. The van der Waals surface area contributed by atoms with Crippen molar-refractivity contribution in [2.45, 2.75) is 6.92 Å². The highest BCUT2D eigenvalue weighted by molar-refractivity contribution is 5.89. The lowest BCUT2D eigenvalue weighted by Crippen LogP contribution is -2.32. The molecule has 2 heterocycles. The van der Waals surface area contributed by atoms with Crippen LogP contribution in [0.3, 0.4) is 0 Å². The smallest absolute Gasteiger partial charge is 0.319 e. The zero-order chi connectivity index (χ0) is 18.9. The summed E-state index contributed by atoms with van der Waals surface area (Å²) in [5.74, 6) is 2.03. The van der Waals surface area contributed by atoms with Crippen molar-refractivity contribution < 1.29 is 9.53 Å². The van der Waals surface area contributed by atoms with Gasteiger partial charge in [0.05, 0.1) is 6.61 Å². The minimum Gasteiger partial charge on any atom is -0.494 e. The van der Waals surface area contributed by atoms with E-state index in [0.717, 1.165) is 5.75 Å². The molecule has 27 heavy (non-hydrogen) atoms. The molecule has 2 amide bonds. The molecule has 0 aliphatic rings. The molecule has 2 aromatic heterocycles. The lowest BCUT2D eigenvalue weighted by atomic mass is 10.3. The first-order valence-electron chi connectivity index (χ1n) is 8.60. The highest BCUT2D eigenvalue weighted by Crippen LogP contribution is 2.15. The van der Waals surface area contributed by atoms with Gasteiger partial charge in [-0.05, 0) is 49.4 Å². The minimum absolute atomic E-state index is 0.277. The monoisotopic (exact) mass is 367 g/mol. The molecule has 0 atom stereocenters. The summed E-state index contributed by atoms with van der Waals surface area (Å²) < 4.78 is 6.99. The van der Waals surface area contributed by atoms with Gasteiger partial charge in [0.1, 0.15) is 11.6 Å². The van der Waals surface area contributed by atoms with Crippen LogP contribution in [0.25, 0.3) is 5.82 Å². The van der Waals surface area contributed by atoms with Crippen molar-refractivity contribution in [3.05, 3.63) is 54.9 Å². The fourth-order valence-electron chi connectivity index (χ4n) is 2.29. The molecule has 0 aliphatic heterocycles. The van der Waals surface area contributed by atoms with Gasteiger partial charge in [-0.2, -0.15) is 5.10 Å². The molecule has 0 fully saturated rings. The van der Waals surface area contributed by atoms with Gasteiger partial charge in [-0.1, -0.05) is 0 Å². The standard InChI is InChI=1S/C18H21N7O2/c1-2-27-15-6-4-14(5-7-15)22-18(26)20-12-11-19-16-8-9-17(24-23-16)25-13-3-10-21-25/h3-10,13H,2,11-12H2,1H3,(H,19,23)(H2,20,22,26). The van der Waals surface area contributed by atoms with E-state index in [2.05, 4.69) is 31.2 Å². The van der Waals surface area contributed by atoms with Crippen LogP contribution in [-0.2, 0) is 0 Å². The fourth-order valence-corrected chi connectivity index (χ4v) is 2.29. The van der Waals surface area contributed by atoms with Gasteiger partial charge < -0.3 is 20.7 Å². The maximum Gasteiger partial charge on any atom is 0.319 e. The molecule has 0 aliphatic carbocycles. The van der Waals surface area contributed by atoms with Gasteiger partial charge in [0.25, 0.3) is 0 Å². The number of carbonyl (C=O) groups excluding carboxylic acids is 1. The molecule has 0 bridgehead atoms. The Morgan fingerprint density at radius 3 is 2.63 bits per heavy atom. The second kappa shape index (κ2) is 9.18. The average Bonchev–Trinajstić information content (AvgIpc) is 3.22. The highest BCUT2D eigenvalue weighted by atomic mass is 16.5. The molecule has 0 saturated carbocycles. The van der Waals surface area contributed by atoms with E-state index in [1.54, 1.807) is 29.2 Å². The summed E-state index contributed by atoms with van der Waals surface area (Å²) in [6.45, 7) is 3.49. The maximum absolute atomic E-state index is 11.9. The number of ether oxygens (including phenoxy) is 1. The zero-order valence-corrected chi connectivity index (χ0v) is 14.9. The van der Waals surface area contributed by atoms with Crippen LogP contribution in [0, 0.1) is 0 Å². The summed E-state index contributed by atoms with van der Waals surface area (Å²) >= 11 is 0. The Morgan fingerprint density at radius 2 is 1.96 bits per heavy atom. The number of rotatable bonds is 8. The molecule has 0 unspecified atom stereocenters. The molecule has 140 valence electrons. The third-order valence-electron chi connectivity index (χ3n) is 3.53. The number of benzene rings is 1. The SMILES string of the molecule is CCOc1ccc(NC(=O)NCCNc2ccc(-n3cccn3)nn2)cc1. The van der Waals surface area contributed by atoms with Crippen LogP contribution in [0.2, 0.25) is 0 Å². The van der Waals surface area contributed by atoms with Gasteiger partial charge in [0, 0.05) is 31.2 Å². The molecular weight excluding hydrogens is 346 g/mol. The first kappa shape index (κ1) is 18.2. The molecular formula is C18H21N7O2. The number of anilines is 2. The molecule has 0 saturated heterocycles. The average molecular weight is 367 g/mol. The Hall–Kier alpha value is -3.62. The van der Waals surface area contributed by atoms with Crippen LogP contribution in [0.15, 0.2) is 54.9 Å². The van der Waals surface area contributed by atoms with E-state index in [0.29, 0.717) is 37.0 Å². The van der Waals surface area contributed by atoms with Crippen molar-refractivity contribution in [2.75, 3.05) is 30.3 Å². The summed E-state index contributed by atoms with van der Waals surface area (Å²) in [5, 5.41) is 20.9. The van der Waals surface area contributed by atoms with E-state index < -0.39 is 0 Å². The van der Waals surface area contributed by atoms with Gasteiger partial charge in [-0.25, -0.2) is 9.48 Å². The van der Waals surface area contributed by atoms with E-state index in [1.165, 1.54) is 0 Å². The lowest BCUT2D eigenvalue weighted by molar-refractivity contribution is 0.252. The molecule has 0 radical (unpaired) electrons. The predicted molar refractivity (Wildman–Crippen MR) is 102 cm³/mol. The molecule has 9 heteroatoms. The van der Waals surface area contributed by atoms with Gasteiger partial charge in [-0.15, -0.1) is 10.2 Å². The number of amides is 2. The Labute approximate surface area is 156 Å². The van der Waals surface area contributed by atoms with Gasteiger partial charge in [0.2, 0.25) is 0 Å². The van der Waals surface area contributed by atoms with Gasteiger partial charge >= 0.3 is 6.03 Å². The first-order valence-corrected chi connectivity index (χ1v) is 8.60. The molecule has 3 N–H and O–H groups in total. The predicted octanol–water partition coefficient (Wildman–Crippen LogP) is 2.29. The van der Waals surface area contributed by atoms with Crippen molar-refractivity contribution in [1.82, 2.24) is 25.3 Å². The van der Waals surface area contributed by atoms with Crippen LogP contribution in [-0.4, -0.2) is 45.7 Å².